The Bertz CT molecular complexity index is 1080. The van der Waals surface area contributed by atoms with Crippen LogP contribution in [0.3, 0.4) is 0 Å². The minimum absolute atomic E-state index is 0.249. The first-order valence-electron chi connectivity index (χ1n) is 9.32. The van der Waals surface area contributed by atoms with Crippen molar-refractivity contribution >= 4 is 12.1 Å². The van der Waals surface area contributed by atoms with Crippen molar-refractivity contribution in [2.45, 2.75) is 13.5 Å². The molecule has 0 fully saturated rings. The average molecular weight is 400 g/mol. The van der Waals surface area contributed by atoms with Gasteiger partial charge < -0.3 is 9.47 Å². The molecule has 3 rings (SSSR count). The molecule has 150 valence electrons. The van der Waals surface area contributed by atoms with Crippen LogP contribution in [0.5, 0.6) is 11.5 Å². The van der Waals surface area contributed by atoms with Crippen LogP contribution in [0.1, 0.15) is 34.0 Å². The van der Waals surface area contributed by atoms with Crippen LogP contribution < -0.4 is 14.9 Å². The van der Waals surface area contributed by atoms with Gasteiger partial charge in [0.1, 0.15) is 6.61 Å². The molecule has 0 unspecified atom stereocenters. The molecule has 1 aromatic heterocycles. The van der Waals surface area contributed by atoms with Gasteiger partial charge in [0.15, 0.2) is 11.5 Å². The van der Waals surface area contributed by atoms with Crippen LogP contribution in [0.2, 0.25) is 0 Å². The fraction of sp³-hybridized carbons (Fsp3) is 0.130. The van der Waals surface area contributed by atoms with Crippen molar-refractivity contribution in [2.24, 2.45) is 5.10 Å². The third kappa shape index (κ3) is 5.42. The van der Waals surface area contributed by atoms with E-state index in [1.807, 2.05) is 25.1 Å². The number of benzene rings is 2. The van der Waals surface area contributed by atoms with Gasteiger partial charge in [0.25, 0.3) is 5.91 Å². The van der Waals surface area contributed by atoms with E-state index < -0.39 is 0 Å². The van der Waals surface area contributed by atoms with Crippen LogP contribution in [0, 0.1) is 11.3 Å². The van der Waals surface area contributed by atoms with Gasteiger partial charge in [-0.1, -0.05) is 18.2 Å². The highest BCUT2D eigenvalue weighted by Crippen LogP contribution is 2.29. The van der Waals surface area contributed by atoms with Crippen LogP contribution in [0.25, 0.3) is 0 Å². The minimum atomic E-state index is -0.324. The summed E-state index contributed by atoms with van der Waals surface area (Å²) < 4.78 is 11.6. The van der Waals surface area contributed by atoms with E-state index in [0.717, 1.165) is 11.1 Å². The Hall–Kier alpha value is -4.18. The molecule has 0 aliphatic rings. The highest BCUT2D eigenvalue weighted by atomic mass is 16.5. The second kappa shape index (κ2) is 10.4. The number of hydrazone groups is 1. The predicted octanol–water partition coefficient (Wildman–Crippen LogP) is 3.69. The van der Waals surface area contributed by atoms with Crippen LogP contribution >= 0.6 is 0 Å². The lowest BCUT2D eigenvalue weighted by Crippen LogP contribution is -2.17. The van der Waals surface area contributed by atoms with Gasteiger partial charge in [-0.05, 0) is 48.9 Å². The molecule has 0 atom stereocenters. The van der Waals surface area contributed by atoms with Crippen molar-refractivity contribution in [2.75, 3.05) is 6.61 Å². The average Bonchev–Trinajstić information content (AvgIpc) is 2.79. The molecule has 0 bridgehead atoms. The molecule has 1 N–H and O–H groups in total. The summed E-state index contributed by atoms with van der Waals surface area (Å²) in [5.74, 6) is 0.786. The maximum Gasteiger partial charge on any atom is 0.271 e. The van der Waals surface area contributed by atoms with E-state index >= 15 is 0 Å². The Kier molecular flexibility index (Phi) is 7.12. The number of rotatable bonds is 8. The van der Waals surface area contributed by atoms with Gasteiger partial charge in [0.05, 0.1) is 24.5 Å². The van der Waals surface area contributed by atoms with Gasteiger partial charge in [-0.15, -0.1) is 0 Å². The zero-order chi connectivity index (χ0) is 21.2. The molecule has 0 saturated carbocycles. The van der Waals surface area contributed by atoms with Gasteiger partial charge in [-0.2, -0.15) is 10.4 Å². The van der Waals surface area contributed by atoms with Crippen LogP contribution in [-0.4, -0.2) is 23.7 Å². The number of hydrogen-bond donors (Lipinski definition) is 1. The van der Waals surface area contributed by atoms with Crippen molar-refractivity contribution in [3.05, 3.63) is 89.2 Å². The molecule has 7 heteroatoms. The second-order valence-corrected chi connectivity index (χ2v) is 6.13. The lowest BCUT2D eigenvalue weighted by Gasteiger charge is -2.13. The summed E-state index contributed by atoms with van der Waals surface area (Å²) >= 11 is 0. The molecular formula is C23H20N4O3. The summed E-state index contributed by atoms with van der Waals surface area (Å²) in [6.45, 7) is 2.59. The van der Waals surface area contributed by atoms with Gasteiger partial charge >= 0.3 is 0 Å². The first-order valence-corrected chi connectivity index (χ1v) is 9.32. The maximum absolute atomic E-state index is 12.0. The SMILES string of the molecule is CCOc1cc(/C=N/NC(=O)c2ccncc2)ccc1OCc1ccccc1C#N. The molecule has 3 aromatic rings. The third-order valence-electron chi connectivity index (χ3n) is 4.11. The Morgan fingerprint density at radius 2 is 1.93 bits per heavy atom. The standard InChI is InChI=1S/C23H20N4O3/c1-2-29-22-13-17(15-26-27-23(28)18-9-11-25-12-10-18)7-8-21(22)30-16-20-6-4-3-5-19(20)14-24/h3-13,15H,2,16H2,1H3,(H,27,28)/b26-15+. The van der Waals surface area contributed by atoms with Crippen LogP contribution in [0.15, 0.2) is 72.1 Å². The number of nitriles is 1. The lowest BCUT2D eigenvalue weighted by atomic mass is 10.1. The van der Waals surface area contributed by atoms with E-state index in [-0.39, 0.29) is 12.5 Å². The Morgan fingerprint density at radius 3 is 2.70 bits per heavy atom. The van der Waals surface area contributed by atoms with Gasteiger partial charge in [-0.3, -0.25) is 9.78 Å². The van der Waals surface area contributed by atoms with E-state index in [9.17, 15) is 10.1 Å². The molecular weight excluding hydrogens is 380 g/mol. The number of nitrogens with zero attached hydrogens (tertiary/aromatic N) is 3. The molecule has 0 saturated heterocycles. The largest absolute Gasteiger partial charge is 0.490 e. The summed E-state index contributed by atoms with van der Waals surface area (Å²) in [5.41, 5.74) is 5.05. The monoisotopic (exact) mass is 400 g/mol. The minimum Gasteiger partial charge on any atom is -0.490 e. The summed E-state index contributed by atoms with van der Waals surface area (Å²) in [4.78, 5) is 15.9. The number of aromatic nitrogens is 1. The van der Waals surface area contributed by atoms with Gasteiger partial charge in [0, 0.05) is 23.5 Å². The molecule has 30 heavy (non-hydrogen) atoms. The maximum atomic E-state index is 12.0. The highest BCUT2D eigenvalue weighted by Gasteiger charge is 2.08. The molecule has 0 aliphatic carbocycles. The molecule has 0 radical (unpaired) electrons. The van der Waals surface area contributed by atoms with Crippen LogP contribution in [0.4, 0.5) is 0 Å². The van der Waals surface area contributed by atoms with E-state index in [0.29, 0.717) is 29.2 Å². The number of pyridine rings is 1. The quantitative estimate of drug-likeness (QED) is 0.459. The van der Waals surface area contributed by atoms with Gasteiger partial charge in [0.2, 0.25) is 0 Å². The van der Waals surface area contributed by atoms with Gasteiger partial charge in [-0.25, -0.2) is 5.43 Å². The van der Waals surface area contributed by atoms with Crippen molar-refractivity contribution in [3.8, 4) is 17.6 Å². The van der Waals surface area contributed by atoms with E-state index in [1.54, 1.807) is 48.8 Å². The number of nitrogens with one attached hydrogen (secondary N) is 1. The number of carbonyl (C=O) groups is 1. The second-order valence-electron chi connectivity index (χ2n) is 6.13. The Morgan fingerprint density at radius 1 is 1.13 bits per heavy atom. The number of ether oxygens (including phenoxy) is 2. The zero-order valence-electron chi connectivity index (χ0n) is 16.4. The lowest BCUT2D eigenvalue weighted by molar-refractivity contribution is 0.0955. The van der Waals surface area contributed by atoms with E-state index in [2.05, 4.69) is 21.6 Å². The van der Waals surface area contributed by atoms with Crippen molar-refractivity contribution < 1.29 is 14.3 Å². The van der Waals surface area contributed by atoms with Crippen molar-refractivity contribution in [1.29, 1.82) is 5.26 Å². The Balaban J connectivity index is 1.68. The number of carbonyl (C=O) groups excluding carboxylic acids is 1. The summed E-state index contributed by atoms with van der Waals surface area (Å²) in [7, 11) is 0. The molecule has 1 heterocycles. The molecule has 0 aliphatic heterocycles. The smallest absolute Gasteiger partial charge is 0.271 e. The number of hydrogen-bond acceptors (Lipinski definition) is 6. The number of amides is 1. The normalized spacial score (nSPS) is 10.4. The van der Waals surface area contributed by atoms with Crippen LogP contribution in [-0.2, 0) is 6.61 Å². The molecule has 7 nitrogen and oxygen atoms in total. The first kappa shape index (κ1) is 20.6. The summed E-state index contributed by atoms with van der Waals surface area (Å²) in [6.07, 6.45) is 4.61. The molecule has 2 aromatic carbocycles. The van der Waals surface area contributed by atoms with E-state index in [4.69, 9.17) is 9.47 Å². The van der Waals surface area contributed by atoms with E-state index in [1.165, 1.54) is 6.21 Å². The fourth-order valence-electron chi connectivity index (χ4n) is 2.64. The topological polar surface area (TPSA) is 96.6 Å². The zero-order valence-corrected chi connectivity index (χ0v) is 16.4. The molecule has 0 spiro atoms. The fourth-order valence-corrected chi connectivity index (χ4v) is 2.64. The van der Waals surface area contributed by atoms with Crippen molar-refractivity contribution in [1.82, 2.24) is 10.4 Å². The highest BCUT2D eigenvalue weighted by molar-refractivity contribution is 5.94. The molecule has 1 amide bonds. The van der Waals surface area contributed by atoms with Crippen molar-refractivity contribution in [3.63, 3.8) is 0 Å². The third-order valence-corrected chi connectivity index (χ3v) is 4.11. The predicted molar refractivity (Wildman–Crippen MR) is 112 cm³/mol. The first-order chi connectivity index (χ1) is 14.7. The Labute approximate surface area is 174 Å². The summed E-state index contributed by atoms with van der Waals surface area (Å²) in [5, 5.41) is 13.2. The summed E-state index contributed by atoms with van der Waals surface area (Å²) in [6, 6.07) is 18.0.